The van der Waals surface area contributed by atoms with Crippen LogP contribution in [-0.2, 0) is 0 Å². The Balaban J connectivity index is 2.03. The number of likely N-dealkylation sites (tertiary alicyclic amines) is 1. The van der Waals surface area contributed by atoms with Crippen molar-refractivity contribution in [3.8, 4) is 0 Å². The minimum atomic E-state index is -3.09. The maximum Gasteiger partial charge on any atom is 0.280 e. The van der Waals surface area contributed by atoms with Crippen molar-refractivity contribution in [1.82, 2.24) is 25.8 Å². The van der Waals surface area contributed by atoms with Crippen LogP contribution in [0.4, 0.5) is 17.6 Å². The zero-order valence-corrected chi connectivity index (χ0v) is 23.1. The van der Waals surface area contributed by atoms with Gasteiger partial charge in [0.1, 0.15) is 5.69 Å². The third kappa shape index (κ3) is 7.11. The zero-order valence-electron chi connectivity index (χ0n) is 22.3. The molecule has 1 aromatic rings. The fourth-order valence-electron chi connectivity index (χ4n) is 4.06. The summed E-state index contributed by atoms with van der Waals surface area (Å²) in [5.74, 6) is -4.70. The third-order valence-corrected chi connectivity index (χ3v) is 7.14. The van der Waals surface area contributed by atoms with Gasteiger partial charge in [-0.05, 0) is 32.3 Å². The number of hydrogen-bond donors (Lipinski definition) is 4. The number of amides is 2. The quantitative estimate of drug-likeness (QED) is 0.362. The number of alkyl halides is 4. The number of dihydropyridines is 1. The van der Waals surface area contributed by atoms with Crippen LogP contribution in [0.3, 0.4) is 0 Å². The lowest BCUT2D eigenvalue weighted by Gasteiger charge is -2.28. The Hall–Kier alpha value is -2.51. The van der Waals surface area contributed by atoms with Crippen molar-refractivity contribution in [2.45, 2.75) is 78.1 Å². The summed E-state index contributed by atoms with van der Waals surface area (Å²) >= 11 is 0.711. The van der Waals surface area contributed by atoms with E-state index in [1.54, 1.807) is 13.8 Å². The van der Waals surface area contributed by atoms with Gasteiger partial charge in [0, 0.05) is 36.4 Å². The summed E-state index contributed by atoms with van der Waals surface area (Å²) in [5, 5.41) is 18.0. The summed E-state index contributed by atoms with van der Waals surface area (Å²) in [6.07, 6.45) is -1.44. The summed E-state index contributed by atoms with van der Waals surface area (Å²) in [6, 6.07) is -0.813. The zero-order chi connectivity index (χ0) is 28.6. The van der Waals surface area contributed by atoms with E-state index in [-0.39, 0.29) is 38.7 Å². The molecule has 4 N–H and O–H groups in total. The van der Waals surface area contributed by atoms with Crippen LogP contribution in [-0.4, -0.2) is 76.6 Å². The molecule has 0 saturated carbocycles. The van der Waals surface area contributed by atoms with Crippen LogP contribution >= 0.6 is 11.3 Å². The van der Waals surface area contributed by atoms with Crippen molar-refractivity contribution in [2.75, 3.05) is 19.7 Å². The summed E-state index contributed by atoms with van der Waals surface area (Å²) in [5.41, 5.74) is -1.92. The van der Waals surface area contributed by atoms with Gasteiger partial charge in [-0.2, -0.15) is 0 Å². The second-order valence-electron chi connectivity index (χ2n) is 11.6. The Morgan fingerprint density at radius 3 is 2.47 bits per heavy atom. The van der Waals surface area contributed by atoms with Crippen LogP contribution in [0.5, 0.6) is 0 Å². The van der Waals surface area contributed by atoms with E-state index in [9.17, 15) is 32.3 Å². The van der Waals surface area contributed by atoms with Crippen LogP contribution in [0.25, 0.3) is 5.57 Å². The molecule has 1 fully saturated rings. The van der Waals surface area contributed by atoms with Gasteiger partial charge in [0.05, 0.1) is 29.7 Å². The highest BCUT2D eigenvalue weighted by Crippen LogP contribution is 2.38. The molecule has 2 aliphatic heterocycles. The Morgan fingerprint density at radius 1 is 1.29 bits per heavy atom. The highest BCUT2D eigenvalue weighted by atomic mass is 32.1. The first kappa shape index (κ1) is 30.0. The fourth-order valence-corrected chi connectivity index (χ4v) is 5.05. The van der Waals surface area contributed by atoms with E-state index < -0.39 is 54.9 Å². The number of aliphatic hydroxyl groups excluding tert-OH is 1. The first-order chi connectivity index (χ1) is 17.4. The monoisotopic (exact) mass is 561 g/mol. The summed E-state index contributed by atoms with van der Waals surface area (Å²) in [6.45, 7) is 9.87. The van der Waals surface area contributed by atoms with Gasteiger partial charge in [-0.3, -0.25) is 14.9 Å². The minimum absolute atomic E-state index is 0.0299. The molecule has 0 radical (unpaired) electrons. The third-order valence-electron chi connectivity index (χ3n) is 6.06. The number of nitrogens with zero attached hydrogens (tertiary/aromatic N) is 2. The molecule has 0 bridgehead atoms. The normalized spacial score (nSPS) is 21.7. The summed E-state index contributed by atoms with van der Waals surface area (Å²) < 4.78 is 56.6. The number of halogens is 4. The molecule has 0 aromatic carbocycles. The number of carbonyl (C=O) groups excluding carboxylic acids is 2. The lowest BCUT2D eigenvalue weighted by molar-refractivity contribution is 0.0117. The van der Waals surface area contributed by atoms with Crippen LogP contribution in [0.1, 0.15) is 73.1 Å². The molecular weight excluding hydrogens is 526 g/mol. The van der Waals surface area contributed by atoms with E-state index in [4.69, 9.17) is 0 Å². The van der Waals surface area contributed by atoms with Crippen molar-refractivity contribution in [3.63, 3.8) is 0 Å². The number of thiazole rings is 1. The predicted molar refractivity (Wildman–Crippen MR) is 137 cm³/mol. The number of rotatable bonds is 8. The van der Waals surface area contributed by atoms with Gasteiger partial charge in [-0.15, -0.1) is 11.3 Å². The van der Waals surface area contributed by atoms with Crippen LogP contribution in [0.2, 0.25) is 0 Å². The molecule has 2 unspecified atom stereocenters. The first-order valence-corrected chi connectivity index (χ1v) is 13.1. The van der Waals surface area contributed by atoms with Crippen LogP contribution in [0, 0.1) is 5.41 Å². The van der Waals surface area contributed by atoms with Crippen LogP contribution in [0.15, 0.2) is 17.8 Å². The highest BCUT2D eigenvalue weighted by molar-refractivity contribution is 7.15. The lowest BCUT2D eigenvalue weighted by Crippen LogP contribution is -2.46. The average Bonchev–Trinajstić information content (AvgIpc) is 3.36. The molecule has 0 aliphatic carbocycles. The Morgan fingerprint density at radius 2 is 1.95 bits per heavy atom. The molecule has 1 aromatic heterocycles. The molecule has 38 heavy (non-hydrogen) atoms. The number of nitrogens with one attached hydrogen (secondary N) is 3. The van der Waals surface area contributed by atoms with E-state index in [2.05, 4.69) is 20.9 Å². The van der Waals surface area contributed by atoms with Crippen molar-refractivity contribution >= 4 is 28.7 Å². The highest BCUT2D eigenvalue weighted by Gasteiger charge is 2.46. The number of aromatic nitrogens is 1. The van der Waals surface area contributed by atoms with E-state index in [1.807, 2.05) is 20.8 Å². The van der Waals surface area contributed by atoms with Gasteiger partial charge in [0.25, 0.3) is 24.2 Å². The molecule has 3 rings (SSSR count). The van der Waals surface area contributed by atoms with E-state index in [0.717, 1.165) is 4.90 Å². The first-order valence-electron chi connectivity index (χ1n) is 12.3. The number of aliphatic hydroxyl groups is 1. The fraction of sp³-hybridized carbons (Fsp3) is 0.640. The molecule has 212 valence electrons. The summed E-state index contributed by atoms with van der Waals surface area (Å²) in [4.78, 5) is 31.4. The average molecular weight is 562 g/mol. The van der Waals surface area contributed by atoms with Gasteiger partial charge in [0.2, 0.25) is 0 Å². The van der Waals surface area contributed by atoms with Gasteiger partial charge in [-0.1, -0.05) is 20.8 Å². The molecule has 1 saturated heterocycles. The molecule has 8 nitrogen and oxygen atoms in total. The Labute approximate surface area is 223 Å². The van der Waals surface area contributed by atoms with Crippen molar-refractivity contribution < 1.29 is 32.3 Å². The van der Waals surface area contributed by atoms with E-state index in [1.165, 1.54) is 19.2 Å². The minimum Gasteiger partial charge on any atom is -0.394 e. The topological polar surface area (TPSA) is 107 Å². The maximum atomic E-state index is 14.3. The van der Waals surface area contributed by atoms with Crippen molar-refractivity contribution in [3.05, 3.63) is 33.4 Å². The standard InChI is InChI=1S/C25H35F4N5O3S/c1-13-8-25(28,29)11-34(13)22(37)17-18(38-21(32-17)20(36)33-24(5,6)12-35)15-9-30-16(7-14(15)19(26)27)31-10-23(2,3)4/h7,9,13,16,19,30-31,35H,8,10-12H2,1-6H3,(H,33,36). The molecular formula is C25H35F4N5O3S. The SMILES string of the molecule is CC1CC(F)(F)CN1C(=O)c1nc(C(=O)NC(C)(C)CO)sc1C1=CNC(NCC(C)(C)C)C=C1C(F)F. The van der Waals surface area contributed by atoms with Gasteiger partial charge < -0.3 is 20.6 Å². The van der Waals surface area contributed by atoms with E-state index in [0.29, 0.717) is 17.9 Å². The van der Waals surface area contributed by atoms with Crippen LogP contribution < -0.4 is 16.0 Å². The number of allylic oxidation sites excluding steroid dienone is 2. The van der Waals surface area contributed by atoms with Gasteiger partial charge in [-0.25, -0.2) is 22.5 Å². The maximum absolute atomic E-state index is 14.3. The number of hydrogen-bond acceptors (Lipinski definition) is 7. The smallest absolute Gasteiger partial charge is 0.280 e. The Bertz CT molecular complexity index is 1130. The second-order valence-corrected chi connectivity index (χ2v) is 12.6. The molecule has 2 amide bonds. The molecule has 2 atom stereocenters. The second kappa shape index (κ2) is 10.9. The molecule has 13 heteroatoms. The predicted octanol–water partition coefficient (Wildman–Crippen LogP) is 3.61. The van der Waals surface area contributed by atoms with E-state index >= 15 is 0 Å². The van der Waals surface area contributed by atoms with Gasteiger partial charge >= 0.3 is 0 Å². The van der Waals surface area contributed by atoms with Crippen molar-refractivity contribution in [2.24, 2.45) is 5.41 Å². The summed E-state index contributed by atoms with van der Waals surface area (Å²) in [7, 11) is 0. The molecule has 3 heterocycles. The Kier molecular flexibility index (Phi) is 8.64. The van der Waals surface area contributed by atoms with Crippen molar-refractivity contribution in [1.29, 1.82) is 0 Å². The van der Waals surface area contributed by atoms with Gasteiger partial charge in [0.15, 0.2) is 5.01 Å². The molecule has 2 aliphatic rings. The largest absolute Gasteiger partial charge is 0.394 e. The molecule has 0 spiro atoms. The number of carbonyl (C=O) groups is 2. The lowest BCUT2D eigenvalue weighted by atomic mass is 9.96.